The first kappa shape index (κ1) is 18.1. The fourth-order valence-corrected chi connectivity index (χ4v) is 2.94. The lowest BCUT2D eigenvalue weighted by molar-refractivity contribution is -0.423. The van der Waals surface area contributed by atoms with Gasteiger partial charge in [0.1, 0.15) is 17.6 Å². The van der Waals surface area contributed by atoms with E-state index in [0.29, 0.717) is 12.2 Å². The Balaban J connectivity index is 1.72. The van der Waals surface area contributed by atoms with Crippen LogP contribution in [0, 0.1) is 5.82 Å². The monoisotopic (exact) mass is 356 g/mol. The second-order valence-electron chi connectivity index (χ2n) is 6.56. The molecule has 0 bridgehead atoms. The average molecular weight is 356 g/mol. The molecule has 3 aromatic rings. The Hall–Kier alpha value is -2.70. The molecule has 0 aliphatic rings. The van der Waals surface area contributed by atoms with E-state index < -0.39 is 0 Å². The summed E-state index contributed by atoms with van der Waals surface area (Å²) in [5.74, 6) is -0.389. The van der Waals surface area contributed by atoms with E-state index in [2.05, 4.69) is 21.8 Å². The number of hydrogen-bond donors (Lipinski definition) is 4. The summed E-state index contributed by atoms with van der Waals surface area (Å²) in [5, 5.41) is 3.89. The number of carbonyl (C=O) groups excluding carboxylic acids is 1. The predicted octanol–water partition coefficient (Wildman–Crippen LogP) is 1.34. The predicted molar refractivity (Wildman–Crippen MR) is 99.7 cm³/mol. The van der Waals surface area contributed by atoms with Crippen LogP contribution in [-0.2, 0) is 0 Å². The normalized spacial score (nSPS) is 12.3. The zero-order chi connectivity index (χ0) is 18.5. The van der Waals surface area contributed by atoms with Crippen molar-refractivity contribution < 1.29 is 20.7 Å². The van der Waals surface area contributed by atoms with Crippen molar-refractivity contribution in [3.05, 3.63) is 60.0 Å². The summed E-state index contributed by atoms with van der Waals surface area (Å²) in [6.45, 7) is 1.44. The van der Waals surface area contributed by atoms with Crippen LogP contribution in [0.15, 0.2) is 48.5 Å². The minimum atomic E-state index is -0.257. The molecule has 0 aliphatic carbocycles. The van der Waals surface area contributed by atoms with Gasteiger partial charge in [-0.25, -0.2) is 4.39 Å². The van der Waals surface area contributed by atoms with Crippen LogP contribution in [0.1, 0.15) is 23.3 Å². The number of aromatic nitrogens is 1. The molecule has 2 aromatic carbocycles. The number of fused-ring (bicyclic) bond motifs is 1. The van der Waals surface area contributed by atoms with E-state index in [9.17, 15) is 9.18 Å². The summed E-state index contributed by atoms with van der Waals surface area (Å²) in [7, 11) is 0. The molecule has 6 heteroatoms. The molecule has 1 heterocycles. The van der Waals surface area contributed by atoms with Gasteiger partial charge in [-0.2, -0.15) is 0 Å². The fraction of sp³-hybridized carbons (Fsp3) is 0.250. The molecule has 5 nitrogen and oxygen atoms in total. The van der Waals surface area contributed by atoms with Crippen LogP contribution in [0.2, 0.25) is 0 Å². The van der Waals surface area contributed by atoms with E-state index in [1.807, 2.05) is 24.3 Å². The van der Waals surface area contributed by atoms with Crippen molar-refractivity contribution in [2.75, 3.05) is 13.1 Å². The summed E-state index contributed by atoms with van der Waals surface area (Å²) in [5.41, 5.74) is 11.2. The summed E-state index contributed by atoms with van der Waals surface area (Å²) in [6.07, 6.45) is 1.97. The highest BCUT2D eigenvalue weighted by atomic mass is 19.1. The number of aromatic amines is 1. The van der Waals surface area contributed by atoms with Gasteiger partial charge in [0.2, 0.25) is 0 Å². The quantitative estimate of drug-likeness (QED) is 0.504. The average Bonchev–Trinajstić information content (AvgIpc) is 3.08. The minimum Gasteiger partial charge on any atom is -0.358 e. The molecule has 0 unspecified atom stereocenters. The second-order valence-corrected chi connectivity index (χ2v) is 6.56. The molecule has 0 saturated heterocycles. The SMILES string of the molecule is [NH3+]CCC[C@@H]([NH3+])CNC(=O)c1cc2ccc(-c3ccc(F)cc3)cc2[nH]1. The minimum absolute atomic E-state index is 0.132. The first-order chi connectivity index (χ1) is 12.6. The van der Waals surface area contributed by atoms with Gasteiger partial charge in [-0.05, 0) is 35.4 Å². The van der Waals surface area contributed by atoms with Crippen molar-refractivity contribution in [1.82, 2.24) is 10.3 Å². The van der Waals surface area contributed by atoms with Crippen LogP contribution in [0.25, 0.3) is 22.0 Å². The molecule has 3 rings (SSSR count). The van der Waals surface area contributed by atoms with Gasteiger partial charge in [-0.3, -0.25) is 4.79 Å². The number of rotatable bonds is 7. The van der Waals surface area contributed by atoms with Gasteiger partial charge in [-0.15, -0.1) is 0 Å². The lowest BCUT2D eigenvalue weighted by Gasteiger charge is -2.08. The molecule has 1 aromatic heterocycles. The number of halogens is 1. The van der Waals surface area contributed by atoms with E-state index in [0.717, 1.165) is 41.4 Å². The highest BCUT2D eigenvalue weighted by Crippen LogP contribution is 2.25. The van der Waals surface area contributed by atoms with E-state index in [1.165, 1.54) is 12.1 Å². The van der Waals surface area contributed by atoms with Gasteiger partial charge in [0, 0.05) is 23.7 Å². The first-order valence-electron chi connectivity index (χ1n) is 8.86. The number of amides is 1. The zero-order valence-corrected chi connectivity index (χ0v) is 14.7. The summed E-state index contributed by atoms with van der Waals surface area (Å²) < 4.78 is 13.1. The lowest BCUT2D eigenvalue weighted by Crippen LogP contribution is -2.65. The summed E-state index contributed by atoms with van der Waals surface area (Å²) in [4.78, 5) is 15.5. The molecule has 0 spiro atoms. The molecule has 0 saturated carbocycles. The number of benzene rings is 2. The molecule has 8 N–H and O–H groups in total. The molecular formula is C20H25FN4O+2. The van der Waals surface area contributed by atoms with Crippen molar-refractivity contribution in [2.45, 2.75) is 18.9 Å². The van der Waals surface area contributed by atoms with Crippen LogP contribution in [0.4, 0.5) is 4.39 Å². The van der Waals surface area contributed by atoms with E-state index in [1.54, 1.807) is 12.1 Å². The van der Waals surface area contributed by atoms with Crippen molar-refractivity contribution in [1.29, 1.82) is 0 Å². The van der Waals surface area contributed by atoms with Gasteiger partial charge in [-0.1, -0.05) is 24.3 Å². The van der Waals surface area contributed by atoms with Gasteiger partial charge in [0.25, 0.3) is 5.91 Å². The van der Waals surface area contributed by atoms with Crippen molar-refractivity contribution in [2.24, 2.45) is 0 Å². The molecular weight excluding hydrogens is 331 g/mol. The van der Waals surface area contributed by atoms with Crippen LogP contribution < -0.4 is 16.8 Å². The van der Waals surface area contributed by atoms with Crippen LogP contribution >= 0.6 is 0 Å². The van der Waals surface area contributed by atoms with Crippen molar-refractivity contribution in [3.8, 4) is 11.1 Å². The Morgan fingerprint density at radius 1 is 1.12 bits per heavy atom. The number of quaternary nitrogens is 2. The lowest BCUT2D eigenvalue weighted by atomic mass is 10.0. The van der Waals surface area contributed by atoms with Crippen LogP contribution in [-0.4, -0.2) is 30.0 Å². The zero-order valence-electron chi connectivity index (χ0n) is 14.7. The molecule has 26 heavy (non-hydrogen) atoms. The summed E-state index contributed by atoms with van der Waals surface area (Å²) in [6, 6.07) is 14.3. The van der Waals surface area contributed by atoms with Crippen molar-refractivity contribution >= 4 is 16.8 Å². The largest absolute Gasteiger partial charge is 0.358 e. The molecule has 1 atom stereocenters. The van der Waals surface area contributed by atoms with Gasteiger partial charge in [0.15, 0.2) is 0 Å². The molecule has 0 aliphatic heterocycles. The maximum atomic E-state index is 13.1. The number of H-pyrrole nitrogens is 1. The maximum Gasteiger partial charge on any atom is 0.267 e. The van der Waals surface area contributed by atoms with Crippen LogP contribution in [0.5, 0.6) is 0 Å². The molecule has 0 radical (unpaired) electrons. The molecule has 136 valence electrons. The Kier molecular flexibility index (Phi) is 5.65. The van der Waals surface area contributed by atoms with Gasteiger partial charge in [0.05, 0.1) is 13.1 Å². The molecule has 0 fully saturated rings. The number of nitrogens with one attached hydrogen (secondary N) is 2. The van der Waals surface area contributed by atoms with E-state index >= 15 is 0 Å². The van der Waals surface area contributed by atoms with Gasteiger partial charge >= 0.3 is 0 Å². The van der Waals surface area contributed by atoms with E-state index in [4.69, 9.17) is 0 Å². The van der Waals surface area contributed by atoms with E-state index in [-0.39, 0.29) is 17.8 Å². The van der Waals surface area contributed by atoms with Gasteiger partial charge < -0.3 is 21.8 Å². The summed E-state index contributed by atoms with van der Waals surface area (Å²) >= 11 is 0. The molecule has 1 amide bonds. The maximum absolute atomic E-state index is 13.1. The highest BCUT2D eigenvalue weighted by molar-refractivity contribution is 5.98. The third-order valence-electron chi connectivity index (χ3n) is 4.46. The number of hydrogen-bond acceptors (Lipinski definition) is 1. The highest BCUT2D eigenvalue weighted by Gasteiger charge is 2.13. The second kappa shape index (κ2) is 8.12. The smallest absolute Gasteiger partial charge is 0.267 e. The fourth-order valence-electron chi connectivity index (χ4n) is 2.94. The van der Waals surface area contributed by atoms with Crippen molar-refractivity contribution in [3.63, 3.8) is 0 Å². The Bertz CT molecular complexity index is 888. The third kappa shape index (κ3) is 4.28. The topological polar surface area (TPSA) is 100 Å². The number of carbonyl (C=O) groups is 1. The Morgan fingerprint density at radius 3 is 2.58 bits per heavy atom. The Labute approximate surface area is 151 Å². The first-order valence-corrected chi connectivity index (χ1v) is 8.86. The standard InChI is InChI=1S/C20H23FN4O/c21-16-7-5-13(6-8-16)14-3-4-15-11-19(25-18(15)10-14)20(26)24-12-17(23)2-1-9-22/h3-8,10-11,17,25H,1-2,9,12,22-23H2,(H,24,26)/p+2/t17-/m1/s1. The van der Waals surface area contributed by atoms with Crippen LogP contribution in [0.3, 0.4) is 0 Å². The Morgan fingerprint density at radius 2 is 1.85 bits per heavy atom. The third-order valence-corrected chi connectivity index (χ3v) is 4.46.